The van der Waals surface area contributed by atoms with Crippen LogP contribution in [0.15, 0.2) is 18.2 Å². The highest BCUT2D eigenvalue weighted by Crippen LogP contribution is 2.25. The van der Waals surface area contributed by atoms with Crippen LogP contribution in [0.1, 0.15) is 18.9 Å². The molecular weight excluding hydrogens is 246 g/mol. The van der Waals surface area contributed by atoms with Gasteiger partial charge in [-0.15, -0.1) is 0 Å². The molecule has 0 amide bonds. The molecule has 0 aromatic heterocycles. The van der Waals surface area contributed by atoms with Crippen molar-refractivity contribution in [3.8, 4) is 11.5 Å². The van der Waals surface area contributed by atoms with Gasteiger partial charge >= 0.3 is 0 Å². The van der Waals surface area contributed by atoms with Gasteiger partial charge in [-0.25, -0.2) is 0 Å². The number of thioether (sulfide) groups is 1. The first kappa shape index (κ1) is 15.2. The smallest absolute Gasteiger partial charge is 0.122 e. The third kappa shape index (κ3) is 4.78. The van der Waals surface area contributed by atoms with Crippen LogP contribution in [-0.4, -0.2) is 31.8 Å². The molecule has 0 aliphatic heterocycles. The van der Waals surface area contributed by atoms with Crippen LogP contribution < -0.4 is 15.2 Å². The lowest BCUT2D eigenvalue weighted by Crippen LogP contribution is -2.21. The molecule has 102 valence electrons. The average Bonchev–Trinajstić information content (AvgIpc) is 2.40. The molecule has 0 aliphatic rings. The number of hydrogen-bond donors (Lipinski definition) is 1. The minimum absolute atomic E-state index is 0.167. The van der Waals surface area contributed by atoms with E-state index in [1.807, 2.05) is 18.2 Å². The molecule has 0 saturated heterocycles. The molecule has 4 heteroatoms. The van der Waals surface area contributed by atoms with Gasteiger partial charge in [0.1, 0.15) is 11.5 Å². The van der Waals surface area contributed by atoms with Crippen LogP contribution in [-0.2, 0) is 6.42 Å². The highest BCUT2D eigenvalue weighted by Gasteiger charge is 2.09. The first-order chi connectivity index (χ1) is 8.71. The van der Waals surface area contributed by atoms with Crippen molar-refractivity contribution in [1.29, 1.82) is 0 Å². The van der Waals surface area contributed by atoms with E-state index in [4.69, 9.17) is 15.2 Å². The number of benzene rings is 1. The maximum atomic E-state index is 6.02. The summed E-state index contributed by atoms with van der Waals surface area (Å²) in [6.45, 7) is 2.82. The van der Waals surface area contributed by atoms with Crippen LogP contribution in [0.5, 0.6) is 11.5 Å². The Labute approximate surface area is 114 Å². The number of hydrogen-bond acceptors (Lipinski definition) is 4. The SMILES string of the molecule is CCC(N)Cc1cc(OC)ccc1OCCSC. The number of rotatable bonds is 8. The van der Waals surface area contributed by atoms with Crippen molar-refractivity contribution in [3.05, 3.63) is 23.8 Å². The van der Waals surface area contributed by atoms with E-state index in [-0.39, 0.29) is 6.04 Å². The number of ether oxygens (including phenoxy) is 2. The van der Waals surface area contributed by atoms with Crippen molar-refractivity contribution in [1.82, 2.24) is 0 Å². The highest BCUT2D eigenvalue weighted by molar-refractivity contribution is 7.98. The van der Waals surface area contributed by atoms with Crippen molar-refractivity contribution < 1.29 is 9.47 Å². The Morgan fingerprint density at radius 1 is 1.39 bits per heavy atom. The lowest BCUT2D eigenvalue weighted by molar-refractivity contribution is 0.337. The van der Waals surface area contributed by atoms with Gasteiger partial charge < -0.3 is 15.2 Å². The minimum Gasteiger partial charge on any atom is -0.497 e. The van der Waals surface area contributed by atoms with Crippen molar-refractivity contribution in [2.75, 3.05) is 25.7 Å². The van der Waals surface area contributed by atoms with E-state index >= 15 is 0 Å². The van der Waals surface area contributed by atoms with Crippen molar-refractivity contribution >= 4 is 11.8 Å². The van der Waals surface area contributed by atoms with Crippen LogP contribution in [0, 0.1) is 0 Å². The van der Waals surface area contributed by atoms with Gasteiger partial charge in [0.15, 0.2) is 0 Å². The summed E-state index contributed by atoms with van der Waals surface area (Å²) >= 11 is 1.78. The molecule has 1 unspecified atom stereocenters. The fraction of sp³-hybridized carbons (Fsp3) is 0.571. The summed E-state index contributed by atoms with van der Waals surface area (Å²) in [7, 11) is 1.67. The minimum atomic E-state index is 0.167. The van der Waals surface area contributed by atoms with E-state index in [2.05, 4.69) is 13.2 Å². The van der Waals surface area contributed by atoms with Crippen molar-refractivity contribution in [2.24, 2.45) is 5.73 Å². The van der Waals surface area contributed by atoms with Gasteiger partial charge in [-0.05, 0) is 42.9 Å². The highest BCUT2D eigenvalue weighted by atomic mass is 32.2. The summed E-state index contributed by atoms with van der Waals surface area (Å²) in [5.41, 5.74) is 7.15. The molecule has 3 nitrogen and oxygen atoms in total. The van der Waals surface area contributed by atoms with E-state index < -0.39 is 0 Å². The maximum Gasteiger partial charge on any atom is 0.122 e. The van der Waals surface area contributed by atoms with Gasteiger partial charge in [-0.1, -0.05) is 6.92 Å². The van der Waals surface area contributed by atoms with Gasteiger partial charge in [0.25, 0.3) is 0 Å². The second-order valence-corrected chi connectivity index (χ2v) is 5.17. The predicted octanol–water partition coefficient (Wildman–Crippen LogP) is 2.72. The van der Waals surface area contributed by atoms with E-state index in [0.29, 0.717) is 0 Å². The van der Waals surface area contributed by atoms with Crippen LogP contribution in [0.4, 0.5) is 0 Å². The average molecular weight is 269 g/mol. The Kier molecular flexibility index (Phi) is 6.98. The summed E-state index contributed by atoms with van der Waals surface area (Å²) < 4.78 is 11.0. The number of methoxy groups -OCH3 is 1. The van der Waals surface area contributed by atoms with Crippen molar-refractivity contribution in [2.45, 2.75) is 25.8 Å². The molecular formula is C14H23NO2S. The molecule has 1 aromatic carbocycles. The van der Waals surface area contributed by atoms with E-state index in [1.165, 1.54) is 0 Å². The third-order valence-electron chi connectivity index (χ3n) is 2.82. The van der Waals surface area contributed by atoms with Gasteiger partial charge in [-0.2, -0.15) is 11.8 Å². The standard InChI is InChI=1S/C14H23NO2S/c1-4-12(15)9-11-10-13(16-2)5-6-14(11)17-7-8-18-3/h5-6,10,12H,4,7-9,15H2,1-3H3. The van der Waals surface area contributed by atoms with Gasteiger partial charge in [-0.3, -0.25) is 0 Å². The summed E-state index contributed by atoms with van der Waals surface area (Å²) in [5.74, 6) is 2.77. The fourth-order valence-electron chi connectivity index (χ4n) is 1.64. The fourth-order valence-corrected chi connectivity index (χ4v) is 1.89. The Balaban J connectivity index is 2.79. The van der Waals surface area contributed by atoms with Gasteiger partial charge in [0.2, 0.25) is 0 Å². The first-order valence-corrected chi connectivity index (χ1v) is 7.64. The van der Waals surface area contributed by atoms with Gasteiger partial charge in [0.05, 0.1) is 13.7 Å². The molecule has 0 aliphatic carbocycles. The Hall–Kier alpha value is -0.870. The molecule has 0 spiro atoms. The van der Waals surface area contributed by atoms with Crippen LogP contribution >= 0.6 is 11.8 Å². The molecule has 0 bridgehead atoms. The van der Waals surface area contributed by atoms with Crippen molar-refractivity contribution in [3.63, 3.8) is 0 Å². The summed E-state index contributed by atoms with van der Waals surface area (Å²) in [5, 5.41) is 0. The molecule has 1 atom stereocenters. The third-order valence-corrected chi connectivity index (χ3v) is 3.39. The second-order valence-electron chi connectivity index (χ2n) is 4.19. The monoisotopic (exact) mass is 269 g/mol. The Morgan fingerprint density at radius 3 is 2.78 bits per heavy atom. The summed E-state index contributed by atoms with van der Waals surface area (Å²) in [4.78, 5) is 0. The summed E-state index contributed by atoms with van der Waals surface area (Å²) in [6.07, 6.45) is 3.86. The second kappa shape index (κ2) is 8.27. The molecule has 2 N–H and O–H groups in total. The lowest BCUT2D eigenvalue weighted by atomic mass is 10.0. The molecule has 1 rings (SSSR count). The van der Waals surface area contributed by atoms with E-state index in [9.17, 15) is 0 Å². The van der Waals surface area contributed by atoms with E-state index in [1.54, 1.807) is 18.9 Å². The quantitative estimate of drug-likeness (QED) is 0.737. The Morgan fingerprint density at radius 2 is 2.17 bits per heavy atom. The topological polar surface area (TPSA) is 44.5 Å². The maximum absolute atomic E-state index is 6.02. The molecule has 18 heavy (non-hydrogen) atoms. The van der Waals surface area contributed by atoms with E-state index in [0.717, 1.165) is 42.3 Å². The molecule has 1 aromatic rings. The van der Waals surface area contributed by atoms with Gasteiger partial charge in [0, 0.05) is 11.8 Å². The predicted molar refractivity (Wildman–Crippen MR) is 78.8 cm³/mol. The zero-order valence-corrected chi connectivity index (χ0v) is 12.3. The zero-order valence-electron chi connectivity index (χ0n) is 11.4. The van der Waals surface area contributed by atoms with Crippen LogP contribution in [0.25, 0.3) is 0 Å². The van der Waals surface area contributed by atoms with Crippen LogP contribution in [0.3, 0.4) is 0 Å². The summed E-state index contributed by atoms with van der Waals surface area (Å²) in [6, 6.07) is 6.08. The van der Waals surface area contributed by atoms with Crippen LogP contribution in [0.2, 0.25) is 0 Å². The molecule has 0 heterocycles. The molecule has 0 radical (unpaired) electrons. The molecule has 0 saturated carbocycles. The zero-order chi connectivity index (χ0) is 13.4. The first-order valence-electron chi connectivity index (χ1n) is 6.25. The molecule has 0 fully saturated rings. The Bertz CT molecular complexity index is 358. The largest absolute Gasteiger partial charge is 0.497 e. The normalized spacial score (nSPS) is 12.2. The lowest BCUT2D eigenvalue weighted by Gasteiger charge is -2.15. The number of nitrogens with two attached hydrogens (primary N) is 1.